The van der Waals surface area contributed by atoms with E-state index in [1.165, 1.54) is 5.56 Å². The van der Waals surface area contributed by atoms with E-state index in [2.05, 4.69) is 65.1 Å². The molecule has 0 bridgehead atoms. The van der Waals surface area contributed by atoms with Crippen LogP contribution in [0, 0.1) is 13.8 Å². The summed E-state index contributed by atoms with van der Waals surface area (Å²) in [5, 5.41) is 8.10. The molecule has 128 valence electrons. The zero-order valence-corrected chi connectivity index (χ0v) is 15.6. The highest BCUT2D eigenvalue weighted by molar-refractivity contribution is 5.81. The maximum Gasteiger partial charge on any atom is 0.172 e. The lowest BCUT2D eigenvalue weighted by molar-refractivity contribution is -0.947. The van der Waals surface area contributed by atoms with Gasteiger partial charge in [-0.1, -0.05) is 6.07 Å². The van der Waals surface area contributed by atoms with Gasteiger partial charge in [0.25, 0.3) is 0 Å². The topological polar surface area (TPSA) is 55.3 Å². The standard InChI is InChI=1S/C18H32N5/c1-12(2)23(7,13(3)4)11-10-20-18-17(19)16-9-8-14(5)15(6)22(16)21-18/h8-9,12-13H,10-11,19H2,1-7H3,(H,20,21)/q+1. The average Bonchev–Trinajstić information content (AvgIpc) is 2.80. The van der Waals surface area contributed by atoms with Crippen LogP contribution < -0.4 is 11.1 Å². The molecule has 0 saturated carbocycles. The largest absolute Gasteiger partial charge is 0.394 e. The Balaban J connectivity index is 2.17. The lowest BCUT2D eigenvalue weighted by Gasteiger charge is -2.42. The van der Waals surface area contributed by atoms with E-state index in [9.17, 15) is 0 Å². The number of anilines is 2. The van der Waals surface area contributed by atoms with Gasteiger partial charge in [-0.25, -0.2) is 4.52 Å². The van der Waals surface area contributed by atoms with Crippen LogP contribution in [-0.4, -0.2) is 46.3 Å². The fourth-order valence-corrected chi connectivity index (χ4v) is 3.01. The Bertz CT molecular complexity index is 676. The molecule has 0 amide bonds. The van der Waals surface area contributed by atoms with E-state index in [1.54, 1.807) is 0 Å². The number of nitrogen functional groups attached to an aromatic ring is 1. The van der Waals surface area contributed by atoms with Crippen molar-refractivity contribution in [3.05, 3.63) is 23.4 Å². The summed E-state index contributed by atoms with van der Waals surface area (Å²) >= 11 is 0. The predicted molar refractivity (Wildman–Crippen MR) is 98.9 cm³/mol. The van der Waals surface area contributed by atoms with Crippen LogP contribution in [0.4, 0.5) is 11.5 Å². The molecule has 0 saturated heterocycles. The number of nitrogens with zero attached hydrogens (tertiary/aromatic N) is 3. The molecule has 0 spiro atoms. The molecule has 3 N–H and O–H groups in total. The summed E-state index contributed by atoms with van der Waals surface area (Å²) in [4.78, 5) is 0. The third-order valence-electron chi connectivity index (χ3n) is 5.58. The number of hydrogen-bond acceptors (Lipinski definition) is 3. The van der Waals surface area contributed by atoms with Gasteiger partial charge in [0, 0.05) is 5.69 Å². The van der Waals surface area contributed by atoms with Gasteiger partial charge in [-0.05, 0) is 53.2 Å². The van der Waals surface area contributed by atoms with Crippen LogP contribution in [0.25, 0.3) is 5.52 Å². The highest BCUT2D eigenvalue weighted by Gasteiger charge is 2.29. The summed E-state index contributed by atoms with van der Waals surface area (Å²) in [5.41, 5.74) is 10.3. The molecule has 23 heavy (non-hydrogen) atoms. The summed E-state index contributed by atoms with van der Waals surface area (Å²) in [6.07, 6.45) is 0. The van der Waals surface area contributed by atoms with Crippen LogP contribution in [0.3, 0.4) is 0 Å². The summed E-state index contributed by atoms with van der Waals surface area (Å²) < 4.78 is 2.96. The first kappa shape index (κ1) is 17.6. The lowest BCUT2D eigenvalue weighted by atomic mass is 10.1. The first-order valence-corrected chi connectivity index (χ1v) is 8.51. The number of fused-ring (bicyclic) bond motifs is 1. The number of nitrogens with one attached hydrogen (secondary N) is 1. The van der Waals surface area contributed by atoms with Crippen LogP contribution in [0.2, 0.25) is 0 Å². The molecule has 5 nitrogen and oxygen atoms in total. The monoisotopic (exact) mass is 318 g/mol. The Labute approximate surface area is 140 Å². The van der Waals surface area contributed by atoms with Crippen LogP contribution in [0.15, 0.2) is 12.1 Å². The van der Waals surface area contributed by atoms with Crippen molar-refractivity contribution in [1.82, 2.24) is 9.61 Å². The Kier molecular flexibility index (Phi) is 4.90. The minimum absolute atomic E-state index is 0.583. The van der Waals surface area contributed by atoms with Crippen molar-refractivity contribution >= 4 is 17.0 Å². The van der Waals surface area contributed by atoms with Crippen molar-refractivity contribution in [1.29, 1.82) is 0 Å². The molecule has 0 radical (unpaired) electrons. The molecule has 2 heterocycles. The van der Waals surface area contributed by atoms with Gasteiger partial charge in [0.1, 0.15) is 5.69 Å². The molecule has 0 aromatic carbocycles. The van der Waals surface area contributed by atoms with Crippen molar-refractivity contribution in [2.45, 2.75) is 53.6 Å². The molecular formula is C18H32N5+. The van der Waals surface area contributed by atoms with Gasteiger partial charge >= 0.3 is 0 Å². The number of hydrogen-bond donors (Lipinski definition) is 2. The van der Waals surface area contributed by atoms with Crippen LogP contribution in [-0.2, 0) is 0 Å². The maximum atomic E-state index is 6.28. The van der Waals surface area contributed by atoms with Gasteiger partial charge in [0.15, 0.2) is 5.82 Å². The van der Waals surface area contributed by atoms with Gasteiger partial charge in [-0.15, -0.1) is 5.10 Å². The second-order valence-corrected chi connectivity index (χ2v) is 7.35. The molecule has 0 unspecified atom stereocenters. The zero-order chi connectivity index (χ0) is 17.4. The van der Waals surface area contributed by atoms with E-state index >= 15 is 0 Å². The Morgan fingerprint density at radius 1 is 1.17 bits per heavy atom. The molecular weight excluding hydrogens is 286 g/mol. The molecule has 0 aliphatic carbocycles. The third-order valence-corrected chi connectivity index (χ3v) is 5.58. The van der Waals surface area contributed by atoms with E-state index in [0.717, 1.165) is 40.3 Å². The van der Waals surface area contributed by atoms with E-state index in [0.29, 0.717) is 12.1 Å². The summed E-state index contributed by atoms with van der Waals surface area (Å²) in [7, 11) is 2.32. The first-order chi connectivity index (χ1) is 10.7. The number of aromatic nitrogens is 2. The highest BCUT2D eigenvalue weighted by Crippen LogP contribution is 2.25. The van der Waals surface area contributed by atoms with Gasteiger partial charge in [-0.3, -0.25) is 0 Å². The van der Waals surface area contributed by atoms with Crippen molar-refractivity contribution in [2.75, 3.05) is 31.2 Å². The van der Waals surface area contributed by atoms with Crippen molar-refractivity contribution in [3.8, 4) is 0 Å². The van der Waals surface area contributed by atoms with Crippen LogP contribution in [0.5, 0.6) is 0 Å². The number of likely N-dealkylation sites (N-methyl/N-ethyl adjacent to an activating group) is 1. The minimum atomic E-state index is 0.583. The van der Waals surface area contributed by atoms with E-state index in [1.807, 2.05) is 10.6 Å². The molecule has 0 fully saturated rings. The van der Waals surface area contributed by atoms with Crippen LogP contribution in [0.1, 0.15) is 39.0 Å². The summed E-state index contributed by atoms with van der Waals surface area (Å²) in [6, 6.07) is 5.30. The molecule has 0 aliphatic heterocycles. The quantitative estimate of drug-likeness (QED) is 0.804. The summed E-state index contributed by atoms with van der Waals surface area (Å²) in [6.45, 7) is 15.2. The zero-order valence-electron chi connectivity index (χ0n) is 15.6. The molecule has 2 aromatic rings. The fourth-order valence-electron chi connectivity index (χ4n) is 3.01. The number of aryl methyl sites for hydroxylation is 2. The predicted octanol–water partition coefficient (Wildman–Crippen LogP) is 3.21. The smallest absolute Gasteiger partial charge is 0.172 e. The Hall–Kier alpha value is -1.75. The van der Waals surface area contributed by atoms with Crippen molar-refractivity contribution in [2.24, 2.45) is 0 Å². The Morgan fingerprint density at radius 2 is 1.78 bits per heavy atom. The Morgan fingerprint density at radius 3 is 2.35 bits per heavy atom. The second-order valence-electron chi connectivity index (χ2n) is 7.35. The first-order valence-electron chi connectivity index (χ1n) is 8.51. The number of rotatable bonds is 6. The highest BCUT2D eigenvalue weighted by atomic mass is 15.4. The summed E-state index contributed by atoms with van der Waals surface area (Å²) in [5.74, 6) is 0.790. The number of quaternary nitrogens is 1. The van der Waals surface area contributed by atoms with Crippen LogP contribution >= 0.6 is 0 Å². The molecule has 2 rings (SSSR count). The maximum absolute atomic E-state index is 6.28. The van der Waals surface area contributed by atoms with E-state index in [4.69, 9.17) is 5.73 Å². The fraction of sp³-hybridized carbons (Fsp3) is 0.611. The molecule has 2 aromatic heterocycles. The molecule has 0 atom stereocenters. The third kappa shape index (κ3) is 3.15. The van der Waals surface area contributed by atoms with E-state index < -0.39 is 0 Å². The van der Waals surface area contributed by atoms with E-state index in [-0.39, 0.29) is 0 Å². The SMILES string of the molecule is Cc1ccc2c(N)c(NCC[N+](C)(C(C)C)C(C)C)nn2c1C. The minimum Gasteiger partial charge on any atom is -0.394 e. The average molecular weight is 318 g/mol. The molecule has 0 aliphatic rings. The van der Waals surface area contributed by atoms with Crippen molar-refractivity contribution in [3.63, 3.8) is 0 Å². The second kappa shape index (κ2) is 6.40. The number of nitrogens with two attached hydrogens (primary N) is 1. The normalized spacial score (nSPS) is 12.6. The van der Waals surface area contributed by atoms with Gasteiger partial charge in [-0.2, -0.15) is 0 Å². The van der Waals surface area contributed by atoms with Gasteiger partial charge < -0.3 is 15.5 Å². The van der Waals surface area contributed by atoms with Gasteiger partial charge in [0.05, 0.1) is 37.7 Å². The van der Waals surface area contributed by atoms with Gasteiger partial charge in [0.2, 0.25) is 0 Å². The lowest BCUT2D eigenvalue weighted by Crippen LogP contribution is -2.56. The molecule has 5 heteroatoms. The van der Waals surface area contributed by atoms with Crippen molar-refractivity contribution < 1.29 is 4.48 Å². The number of pyridine rings is 1.